The van der Waals surface area contributed by atoms with Crippen molar-refractivity contribution in [3.8, 4) is 29.2 Å². The van der Waals surface area contributed by atoms with Crippen molar-refractivity contribution in [2.24, 2.45) is 0 Å². The van der Waals surface area contributed by atoms with Crippen LogP contribution in [0.25, 0.3) is 38.9 Å². The zero-order valence-electron chi connectivity index (χ0n) is 22.5. The summed E-state index contributed by atoms with van der Waals surface area (Å²) in [6.07, 6.45) is 5.45. The Morgan fingerprint density at radius 3 is 2.14 bits per heavy atom. The SMILES string of the molecule is N#Cc1ccc2c(c1)c1cc(C#N)ncc1n2-c1cccc2c1Sc1ccccc1C21c2cccnc2-c2ncccc21. The van der Waals surface area contributed by atoms with Crippen molar-refractivity contribution in [3.05, 3.63) is 143 Å². The van der Waals surface area contributed by atoms with Gasteiger partial charge in [0.15, 0.2) is 0 Å². The van der Waals surface area contributed by atoms with E-state index in [0.29, 0.717) is 11.3 Å². The molecule has 7 aromatic rings. The third kappa shape index (κ3) is 2.99. The predicted molar refractivity (Wildman–Crippen MR) is 165 cm³/mol. The highest BCUT2D eigenvalue weighted by Gasteiger charge is 2.51. The average molecular weight is 567 g/mol. The van der Waals surface area contributed by atoms with Crippen molar-refractivity contribution in [3.63, 3.8) is 0 Å². The van der Waals surface area contributed by atoms with Crippen LogP contribution in [0.3, 0.4) is 0 Å². The van der Waals surface area contributed by atoms with Crippen LogP contribution in [0.1, 0.15) is 33.5 Å². The molecule has 0 N–H and O–H groups in total. The van der Waals surface area contributed by atoms with Crippen LogP contribution < -0.4 is 0 Å². The average Bonchev–Trinajstić information content (AvgIpc) is 3.55. The van der Waals surface area contributed by atoms with E-state index < -0.39 is 5.41 Å². The van der Waals surface area contributed by atoms with E-state index in [0.717, 1.165) is 54.9 Å². The molecule has 0 amide bonds. The Labute approximate surface area is 250 Å². The van der Waals surface area contributed by atoms with Crippen LogP contribution in [-0.4, -0.2) is 19.5 Å². The largest absolute Gasteiger partial charge is 0.307 e. The van der Waals surface area contributed by atoms with E-state index in [-0.39, 0.29) is 0 Å². The normalized spacial score (nSPS) is 13.6. The van der Waals surface area contributed by atoms with Gasteiger partial charge in [0.25, 0.3) is 0 Å². The first-order valence-electron chi connectivity index (χ1n) is 13.8. The van der Waals surface area contributed by atoms with Crippen LogP contribution in [0.4, 0.5) is 0 Å². The lowest BCUT2D eigenvalue weighted by molar-refractivity contribution is 0.717. The molecule has 0 unspecified atom stereocenters. The Hall–Kier alpha value is -5.76. The molecule has 1 spiro atoms. The second-order valence-corrected chi connectivity index (χ2v) is 11.7. The predicted octanol–water partition coefficient (Wildman–Crippen LogP) is 7.54. The van der Waals surface area contributed by atoms with E-state index >= 15 is 0 Å². The Bertz CT molecular complexity index is 2310. The second-order valence-electron chi connectivity index (χ2n) is 10.7. The monoisotopic (exact) mass is 566 g/mol. The third-order valence-corrected chi connectivity index (χ3v) is 9.89. The topological polar surface area (TPSA) is 91.2 Å². The standard InChI is InChI=1S/C36H18N6S/c37-18-21-12-13-29-23(16-21)24-17-22(19-38)41-20-31(24)42(29)30-10-3-7-28-35(30)43-32-11-2-1-6-25(32)36(28)26-8-4-14-39-33(26)34-27(36)9-5-15-40-34/h1-17,20H. The summed E-state index contributed by atoms with van der Waals surface area (Å²) in [5, 5.41) is 21.1. The summed E-state index contributed by atoms with van der Waals surface area (Å²) in [5.41, 5.74) is 9.58. The molecule has 9 rings (SSSR count). The summed E-state index contributed by atoms with van der Waals surface area (Å²) < 4.78 is 2.22. The molecular weight excluding hydrogens is 549 g/mol. The maximum atomic E-state index is 9.69. The lowest BCUT2D eigenvalue weighted by Gasteiger charge is -2.39. The molecule has 43 heavy (non-hydrogen) atoms. The highest BCUT2D eigenvalue weighted by molar-refractivity contribution is 7.99. The molecule has 0 saturated heterocycles. The fourth-order valence-corrected chi connectivity index (χ4v) is 8.34. The zero-order valence-corrected chi connectivity index (χ0v) is 23.3. The van der Waals surface area contributed by atoms with Crippen LogP contribution in [0.5, 0.6) is 0 Å². The Morgan fingerprint density at radius 2 is 1.37 bits per heavy atom. The van der Waals surface area contributed by atoms with Gasteiger partial charge in [-0.3, -0.25) is 9.97 Å². The minimum absolute atomic E-state index is 0.338. The van der Waals surface area contributed by atoms with E-state index in [2.05, 4.69) is 76.3 Å². The number of hydrogen-bond donors (Lipinski definition) is 0. The Morgan fingerprint density at radius 1 is 0.651 bits per heavy atom. The van der Waals surface area contributed by atoms with Gasteiger partial charge in [0.2, 0.25) is 0 Å². The molecule has 5 heterocycles. The van der Waals surface area contributed by atoms with Gasteiger partial charge in [-0.05, 0) is 70.8 Å². The summed E-state index contributed by atoms with van der Waals surface area (Å²) in [7, 11) is 0. The van der Waals surface area contributed by atoms with Crippen LogP contribution in [-0.2, 0) is 5.41 Å². The van der Waals surface area contributed by atoms with Gasteiger partial charge < -0.3 is 4.57 Å². The number of benzene rings is 3. The minimum Gasteiger partial charge on any atom is -0.307 e. The van der Waals surface area contributed by atoms with Gasteiger partial charge in [-0.2, -0.15) is 10.5 Å². The molecule has 0 fully saturated rings. The van der Waals surface area contributed by atoms with Gasteiger partial charge in [0, 0.05) is 33.0 Å². The van der Waals surface area contributed by atoms with E-state index in [1.165, 1.54) is 16.0 Å². The van der Waals surface area contributed by atoms with Crippen molar-refractivity contribution >= 4 is 33.6 Å². The molecule has 0 atom stereocenters. The highest BCUT2D eigenvalue weighted by atomic mass is 32.2. The number of nitrogens with zero attached hydrogens (tertiary/aromatic N) is 6. The maximum absolute atomic E-state index is 9.69. The number of pyridine rings is 3. The minimum atomic E-state index is -0.598. The molecule has 0 radical (unpaired) electrons. The zero-order chi connectivity index (χ0) is 28.7. The Balaban J connectivity index is 1.44. The smallest absolute Gasteiger partial charge is 0.141 e. The first kappa shape index (κ1) is 23.9. The molecule has 4 aromatic heterocycles. The molecule has 0 bridgehead atoms. The number of fused-ring (bicyclic) bond motifs is 12. The van der Waals surface area contributed by atoms with Crippen molar-refractivity contribution < 1.29 is 0 Å². The molecule has 0 saturated carbocycles. The lowest BCUT2D eigenvalue weighted by atomic mass is 9.67. The maximum Gasteiger partial charge on any atom is 0.141 e. The van der Waals surface area contributed by atoms with Gasteiger partial charge in [-0.15, -0.1) is 0 Å². The number of rotatable bonds is 1. The van der Waals surface area contributed by atoms with E-state index in [1.807, 2.05) is 48.8 Å². The first-order chi connectivity index (χ1) is 21.2. The van der Waals surface area contributed by atoms with Gasteiger partial charge >= 0.3 is 0 Å². The molecular formula is C36H18N6S. The van der Waals surface area contributed by atoms with E-state index in [4.69, 9.17) is 9.97 Å². The molecule has 6 nitrogen and oxygen atoms in total. The quantitative estimate of drug-likeness (QED) is 0.204. The first-order valence-corrected chi connectivity index (χ1v) is 14.6. The van der Waals surface area contributed by atoms with Crippen LogP contribution in [0, 0.1) is 22.7 Å². The molecule has 198 valence electrons. The van der Waals surface area contributed by atoms with E-state index in [1.54, 1.807) is 18.0 Å². The van der Waals surface area contributed by atoms with Crippen LogP contribution in [0.2, 0.25) is 0 Å². The highest BCUT2D eigenvalue weighted by Crippen LogP contribution is 2.62. The summed E-state index contributed by atoms with van der Waals surface area (Å²) >= 11 is 1.76. The van der Waals surface area contributed by atoms with Gasteiger partial charge in [0.05, 0.1) is 51.4 Å². The molecule has 2 aliphatic rings. The second kappa shape index (κ2) is 8.62. The van der Waals surface area contributed by atoms with Crippen molar-refractivity contribution in [1.29, 1.82) is 10.5 Å². The number of aromatic nitrogens is 4. The van der Waals surface area contributed by atoms with E-state index in [9.17, 15) is 10.5 Å². The summed E-state index contributed by atoms with van der Waals surface area (Å²) in [4.78, 5) is 16.5. The third-order valence-electron chi connectivity index (χ3n) is 8.69. The van der Waals surface area contributed by atoms with Crippen LogP contribution in [0.15, 0.2) is 119 Å². The number of hydrogen-bond acceptors (Lipinski definition) is 6. The van der Waals surface area contributed by atoms with Gasteiger partial charge in [-0.25, -0.2) is 4.98 Å². The van der Waals surface area contributed by atoms with Crippen LogP contribution >= 0.6 is 11.8 Å². The fourth-order valence-electron chi connectivity index (χ4n) is 7.05. The number of nitriles is 2. The fraction of sp³-hybridized carbons (Fsp3) is 0.0278. The van der Waals surface area contributed by atoms with Crippen molar-refractivity contribution in [2.45, 2.75) is 15.2 Å². The molecule has 1 aliphatic carbocycles. The van der Waals surface area contributed by atoms with Gasteiger partial charge in [0.1, 0.15) is 11.8 Å². The summed E-state index contributed by atoms with van der Waals surface area (Å²) in [6, 6.07) is 35.5. The Kier molecular flexibility index (Phi) is 4.79. The summed E-state index contributed by atoms with van der Waals surface area (Å²) in [6.45, 7) is 0. The molecule has 7 heteroatoms. The van der Waals surface area contributed by atoms with Crippen molar-refractivity contribution in [2.75, 3.05) is 0 Å². The van der Waals surface area contributed by atoms with Gasteiger partial charge in [-0.1, -0.05) is 54.2 Å². The lowest BCUT2D eigenvalue weighted by Crippen LogP contribution is -2.32. The van der Waals surface area contributed by atoms with Crippen molar-refractivity contribution in [1.82, 2.24) is 19.5 Å². The molecule has 3 aromatic carbocycles. The molecule has 1 aliphatic heterocycles. The summed E-state index contributed by atoms with van der Waals surface area (Å²) in [5.74, 6) is 0.